The Kier molecular flexibility index (Phi) is 4.80. The predicted molar refractivity (Wildman–Crippen MR) is 83.1 cm³/mol. The summed E-state index contributed by atoms with van der Waals surface area (Å²) in [4.78, 5) is 12.3. The molecule has 20 heavy (non-hydrogen) atoms. The molecule has 1 unspecified atom stereocenters. The van der Waals surface area contributed by atoms with Crippen LogP contribution in [0.5, 0.6) is 0 Å². The number of halogens is 1. The van der Waals surface area contributed by atoms with E-state index in [2.05, 4.69) is 5.32 Å². The van der Waals surface area contributed by atoms with Crippen molar-refractivity contribution in [1.29, 1.82) is 0 Å². The van der Waals surface area contributed by atoms with Gasteiger partial charge in [-0.15, -0.1) is 11.6 Å². The molecular weight excluding hydrogens is 270 g/mol. The minimum absolute atomic E-state index is 0.0247. The van der Waals surface area contributed by atoms with Gasteiger partial charge >= 0.3 is 0 Å². The molecule has 0 saturated carbocycles. The predicted octanol–water partition coefficient (Wildman–Crippen LogP) is 4.22. The number of alkyl halides is 1. The summed E-state index contributed by atoms with van der Waals surface area (Å²) < 4.78 is 0. The third-order valence-corrected chi connectivity index (χ3v) is 3.65. The van der Waals surface area contributed by atoms with E-state index in [0.29, 0.717) is 11.4 Å². The van der Waals surface area contributed by atoms with Crippen LogP contribution in [0.1, 0.15) is 40.0 Å². The molecule has 0 fully saturated rings. The minimum atomic E-state index is -0.0762. The van der Waals surface area contributed by atoms with Crippen molar-refractivity contribution in [3.8, 4) is 0 Å². The zero-order valence-corrected chi connectivity index (χ0v) is 12.4. The summed E-state index contributed by atoms with van der Waals surface area (Å²) in [6, 6.07) is 15.4. The molecule has 2 aromatic rings. The lowest BCUT2D eigenvalue weighted by molar-refractivity contribution is 0.0939. The molecule has 2 aromatic carbocycles. The van der Waals surface area contributed by atoms with Crippen molar-refractivity contribution in [3.63, 3.8) is 0 Å². The van der Waals surface area contributed by atoms with E-state index in [1.807, 2.05) is 56.3 Å². The number of carbonyl (C=O) groups is 1. The minimum Gasteiger partial charge on any atom is -0.346 e. The Hall–Kier alpha value is -1.80. The molecule has 0 spiro atoms. The summed E-state index contributed by atoms with van der Waals surface area (Å²) in [7, 11) is 0. The molecule has 3 heteroatoms. The molecule has 0 aromatic heterocycles. The molecular formula is C17H18ClNO. The summed E-state index contributed by atoms with van der Waals surface area (Å²) in [6.45, 7) is 4.04. The Balaban J connectivity index is 2.13. The van der Waals surface area contributed by atoms with Crippen molar-refractivity contribution >= 4 is 17.5 Å². The standard InChI is InChI=1S/C17H18ClNO/c1-12-6-3-4-9-16(12)13(2)19-17(20)15-8-5-7-14(10-15)11-18/h3-10,13H,11H2,1-2H3,(H,19,20). The molecule has 0 saturated heterocycles. The van der Waals surface area contributed by atoms with Crippen LogP contribution in [0.2, 0.25) is 0 Å². The van der Waals surface area contributed by atoms with Gasteiger partial charge in [-0.2, -0.15) is 0 Å². The molecule has 0 radical (unpaired) electrons. The Morgan fingerprint density at radius 2 is 1.95 bits per heavy atom. The van der Waals surface area contributed by atoms with Gasteiger partial charge in [0.15, 0.2) is 0 Å². The molecule has 0 aliphatic rings. The van der Waals surface area contributed by atoms with Gasteiger partial charge in [0.1, 0.15) is 0 Å². The molecule has 2 rings (SSSR count). The van der Waals surface area contributed by atoms with E-state index in [4.69, 9.17) is 11.6 Å². The highest BCUT2D eigenvalue weighted by Crippen LogP contribution is 2.17. The molecule has 0 aliphatic carbocycles. The van der Waals surface area contributed by atoms with E-state index in [9.17, 15) is 4.79 Å². The van der Waals surface area contributed by atoms with Crippen LogP contribution < -0.4 is 5.32 Å². The summed E-state index contributed by atoms with van der Waals surface area (Å²) in [5, 5.41) is 3.02. The summed E-state index contributed by atoms with van der Waals surface area (Å²) in [5.74, 6) is 0.335. The van der Waals surface area contributed by atoms with Crippen LogP contribution in [0.25, 0.3) is 0 Å². The van der Waals surface area contributed by atoms with E-state index >= 15 is 0 Å². The van der Waals surface area contributed by atoms with E-state index in [0.717, 1.165) is 11.1 Å². The number of rotatable bonds is 4. The second-order valence-corrected chi connectivity index (χ2v) is 5.15. The molecule has 0 bridgehead atoms. The van der Waals surface area contributed by atoms with Crippen LogP contribution in [0.15, 0.2) is 48.5 Å². The van der Waals surface area contributed by atoms with Crippen LogP contribution >= 0.6 is 11.6 Å². The fourth-order valence-electron chi connectivity index (χ4n) is 2.23. The van der Waals surface area contributed by atoms with Gasteiger partial charge in [-0.3, -0.25) is 4.79 Å². The maximum absolute atomic E-state index is 12.3. The van der Waals surface area contributed by atoms with E-state index in [1.165, 1.54) is 5.56 Å². The molecule has 1 atom stereocenters. The van der Waals surface area contributed by atoms with E-state index in [1.54, 1.807) is 6.07 Å². The second kappa shape index (κ2) is 6.58. The quantitative estimate of drug-likeness (QED) is 0.838. The van der Waals surface area contributed by atoms with Crippen LogP contribution in [0.4, 0.5) is 0 Å². The normalized spacial score (nSPS) is 11.9. The lowest BCUT2D eigenvalue weighted by Crippen LogP contribution is -2.27. The molecule has 104 valence electrons. The maximum Gasteiger partial charge on any atom is 0.251 e. The SMILES string of the molecule is Cc1ccccc1C(C)NC(=O)c1cccc(CCl)c1. The van der Waals surface area contributed by atoms with Crippen LogP contribution in [0, 0.1) is 6.92 Å². The zero-order valence-electron chi connectivity index (χ0n) is 11.7. The first kappa shape index (κ1) is 14.6. The Labute approximate surface area is 124 Å². The van der Waals surface area contributed by atoms with Crippen molar-refractivity contribution in [2.75, 3.05) is 0 Å². The fraction of sp³-hybridized carbons (Fsp3) is 0.235. The summed E-state index contributed by atoms with van der Waals surface area (Å²) in [5.41, 5.74) is 3.90. The first-order chi connectivity index (χ1) is 9.61. The van der Waals surface area contributed by atoms with Crippen LogP contribution in [0.3, 0.4) is 0 Å². The van der Waals surface area contributed by atoms with Gasteiger partial charge in [-0.05, 0) is 42.7 Å². The average molecular weight is 288 g/mol. The van der Waals surface area contributed by atoms with Gasteiger partial charge in [0.2, 0.25) is 0 Å². The van der Waals surface area contributed by atoms with E-state index < -0.39 is 0 Å². The van der Waals surface area contributed by atoms with Gasteiger partial charge in [-0.25, -0.2) is 0 Å². The topological polar surface area (TPSA) is 29.1 Å². The Morgan fingerprint density at radius 3 is 2.65 bits per heavy atom. The van der Waals surface area contributed by atoms with Gasteiger partial charge in [0, 0.05) is 11.4 Å². The maximum atomic E-state index is 12.3. The largest absolute Gasteiger partial charge is 0.346 e. The molecule has 0 aliphatic heterocycles. The van der Waals surface area contributed by atoms with Crippen molar-refractivity contribution in [3.05, 3.63) is 70.8 Å². The highest BCUT2D eigenvalue weighted by molar-refractivity contribution is 6.17. The first-order valence-corrected chi connectivity index (χ1v) is 7.16. The number of aryl methyl sites for hydroxylation is 1. The molecule has 1 amide bonds. The highest BCUT2D eigenvalue weighted by Gasteiger charge is 2.12. The summed E-state index contributed by atoms with van der Waals surface area (Å²) in [6.07, 6.45) is 0. The van der Waals surface area contributed by atoms with Crippen LogP contribution in [-0.2, 0) is 5.88 Å². The highest BCUT2D eigenvalue weighted by atomic mass is 35.5. The Bertz CT molecular complexity index is 609. The first-order valence-electron chi connectivity index (χ1n) is 6.63. The Morgan fingerprint density at radius 1 is 1.20 bits per heavy atom. The average Bonchev–Trinajstić information content (AvgIpc) is 2.47. The van der Waals surface area contributed by atoms with Crippen molar-refractivity contribution in [2.24, 2.45) is 0 Å². The van der Waals surface area contributed by atoms with Crippen LogP contribution in [-0.4, -0.2) is 5.91 Å². The van der Waals surface area contributed by atoms with Crippen molar-refractivity contribution in [1.82, 2.24) is 5.32 Å². The van der Waals surface area contributed by atoms with Gasteiger partial charge in [0.25, 0.3) is 5.91 Å². The molecule has 2 nitrogen and oxygen atoms in total. The molecule has 0 heterocycles. The number of hydrogen-bond donors (Lipinski definition) is 1. The van der Waals surface area contributed by atoms with E-state index in [-0.39, 0.29) is 11.9 Å². The van der Waals surface area contributed by atoms with Crippen molar-refractivity contribution < 1.29 is 4.79 Å². The number of carbonyl (C=O) groups excluding carboxylic acids is 1. The smallest absolute Gasteiger partial charge is 0.251 e. The zero-order chi connectivity index (χ0) is 14.5. The lowest BCUT2D eigenvalue weighted by atomic mass is 10.0. The van der Waals surface area contributed by atoms with Gasteiger partial charge in [-0.1, -0.05) is 36.4 Å². The van der Waals surface area contributed by atoms with Gasteiger partial charge in [0.05, 0.1) is 6.04 Å². The summed E-state index contributed by atoms with van der Waals surface area (Å²) >= 11 is 5.79. The second-order valence-electron chi connectivity index (χ2n) is 4.89. The van der Waals surface area contributed by atoms with Crippen molar-refractivity contribution in [2.45, 2.75) is 25.8 Å². The van der Waals surface area contributed by atoms with Gasteiger partial charge < -0.3 is 5.32 Å². The lowest BCUT2D eigenvalue weighted by Gasteiger charge is -2.16. The molecule has 1 N–H and O–H groups in total. The fourth-order valence-corrected chi connectivity index (χ4v) is 2.39. The third kappa shape index (κ3) is 3.40. The number of amides is 1. The number of hydrogen-bond acceptors (Lipinski definition) is 1. The third-order valence-electron chi connectivity index (χ3n) is 3.35. The number of benzene rings is 2. The number of nitrogens with one attached hydrogen (secondary N) is 1. The monoisotopic (exact) mass is 287 g/mol.